The second-order valence-electron chi connectivity index (χ2n) is 5.36. The van der Waals surface area contributed by atoms with E-state index in [1.807, 2.05) is 4.90 Å². The molecule has 2 aromatic rings. The molecule has 6 nitrogen and oxygen atoms in total. The summed E-state index contributed by atoms with van der Waals surface area (Å²) >= 11 is 0. The molecule has 1 aliphatic heterocycles. The van der Waals surface area contributed by atoms with Gasteiger partial charge in [0.15, 0.2) is 0 Å². The molecular formula is C17H17N3O3. The maximum absolute atomic E-state index is 12.5. The third kappa shape index (κ3) is 3.51. The van der Waals surface area contributed by atoms with Crippen LogP contribution in [0.2, 0.25) is 0 Å². The lowest BCUT2D eigenvalue weighted by atomic mass is 9.96. The number of aromatic nitrogens is 2. The molecule has 0 aliphatic carbocycles. The maximum Gasteiger partial charge on any atom is 0.253 e. The monoisotopic (exact) mass is 311 g/mol. The van der Waals surface area contributed by atoms with Crippen LogP contribution >= 0.6 is 0 Å². The van der Waals surface area contributed by atoms with Crippen LogP contribution < -0.4 is 4.74 Å². The smallest absolute Gasteiger partial charge is 0.253 e. The van der Waals surface area contributed by atoms with Gasteiger partial charge in [-0.05, 0) is 37.1 Å². The van der Waals surface area contributed by atoms with Gasteiger partial charge in [-0.3, -0.25) is 4.79 Å². The first kappa shape index (κ1) is 15.1. The zero-order valence-corrected chi connectivity index (χ0v) is 12.6. The van der Waals surface area contributed by atoms with Gasteiger partial charge in [0.05, 0.1) is 0 Å². The van der Waals surface area contributed by atoms with Crippen LogP contribution in [-0.2, 0) is 0 Å². The fraction of sp³-hybridized carbons (Fsp3) is 0.353. The SMILES string of the molecule is C#CCOc1ccc(C(=O)N2CCC(c3nnco3)CC2)cc1. The van der Waals surface area contributed by atoms with Crippen molar-refractivity contribution in [2.45, 2.75) is 18.8 Å². The minimum absolute atomic E-state index is 0.0254. The maximum atomic E-state index is 12.5. The topological polar surface area (TPSA) is 68.5 Å². The molecule has 0 N–H and O–H groups in total. The number of piperidine rings is 1. The first-order chi connectivity index (χ1) is 11.3. The minimum Gasteiger partial charge on any atom is -0.481 e. The van der Waals surface area contributed by atoms with E-state index in [9.17, 15) is 4.79 Å². The molecule has 118 valence electrons. The molecule has 1 saturated heterocycles. The molecule has 0 spiro atoms. The second-order valence-corrected chi connectivity index (χ2v) is 5.36. The fourth-order valence-corrected chi connectivity index (χ4v) is 2.69. The van der Waals surface area contributed by atoms with Crippen molar-refractivity contribution in [3.05, 3.63) is 42.1 Å². The van der Waals surface area contributed by atoms with E-state index >= 15 is 0 Å². The van der Waals surface area contributed by atoms with Gasteiger partial charge in [-0.25, -0.2) is 0 Å². The first-order valence-corrected chi connectivity index (χ1v) is 7.49. The Labute approximate surface area is 134 Å². The van der Waals surface area contributed by atoms with Crippen LogP contribution in [0.4, 0.5) is 0 Å². The summed E-state index contributed by atoms with van der Waals surface area (Å²) in [4.78, 5) is 14.4. The number of carbonyl (C=O) groups is 1. The third-order valence-electron chi connectivity index (χ3n) is 3.93. The van der Waals surface area contributed by atoms with Crippen molar-refractivity contribution in [1.29, 1.82) is 0 Å². The zero-order valence-electron chi connectivity index (χ0n) is 12.6. The number of terminal acetylenes is 1. The average Bonchev–Trinajstić information content (AvgIpc) is 3.14. The largest absolute Gasteiger partial charge is 0.481 e. The zero-order chi connectivity index (χ0) is 16.1. The van der Waals surface area contributed by atoms with Crippen molar-refractivity contribution in [2.24, 2.45) is 0 Å². The van der Waals surface area contributed by atoms with Crippen molar-refractivity contribution >= 4 is 5.91 Å². The summed E-state index contributed by atoms with van der Waals surface area (Å²) in [6.07, 6.45) is 8.15. The van der Waals surface area contributed by atoms with Crippen LogP contribution in [0.1, 0.15) is 35.0 Å². The van der Waals surface area contributed by atoms with Crippen LogP contribution in [0.5, 0.6) is 5.75 Å². The Morgan fingerprint density at radius 3 is 2.70 bits per heavy atom. The van der Waals surface area contributed by atoms with Gasteiger partial charge >= 0.3 is 0 Å². The molecule has 3 rings (SSSR count). The lowest BCUT2D eigenvalue weighted by molar-refractivity contribution is 0.0706. The Kier molecular flexibility index (Phi) is 4.57. The Hall–Kier alpha value is -2.81. The van der Waals surface area contributed by atoms with Gasteiger partial charge in [-0.1, -0.05) is 5.92 Å². The standard InChI is InChI=1S/C17H17N3O3/c1-2-11-22-15-5-3-14(4-6-15)17(21)20-9-7-13(8-10-20)16-19-18-12-23-16/h1,3-6,12-13H,7-11H2. The van der Waals surface area contributed by atoms with Gasteiger partial charge < -0.3 is 14.1 Å². The molecule has 23 heavy (non-hydrogen) atoms. The van der Waals surface area contributed by atoms with Gasteiger partial charge in [-0.2, -0.15) is 0 Å². The third-order valence-corrected chi connectivity index (χ3v) is 3.93. The molecule has 0 unspecified atom stereocenters. The van der Waals surface area contributed by atoms with Crippen LogP contribution in [0.15, 0.2) is 35.1 Å². The highest BCUT2D eigenvalue weighted by atomic mass is 16.5. The highest BCUT2D eigenvalue weighted by Crippen LogP contribution is 2.27. The van der Waals surface area contributed by atoms with Crippen molar-refractivity contribution in [2.75, 3.05) is 19.7 Å². The molecule has 0 radical (unpaired) electrons. The molecule has 1 fully saturated rings. The summed E-state index contributed by atoms with van der Waals surface area (Å²) < 4.78 is 10.6. The predicted octanol–water partition coefficient (Wildman–Crippen LogP) is 2.10. The summed E-state index contributed by atoms with van der Waals surface area (Å²) in [5, 5.41) is 7.66. The lowest BCUT2D eigenvalue weighted by Gasteiger charge is -2.30. The first-order valence-electron chi connectivity index (χ1n) is 7.49. The van der Waals surface area contributed by atoms with E-state index in [-0.39, 0.29) is 18.4 Å². The summed E-state index contributed by atoms with van der Waals surface area (Å²) in [6.45, 7) is 1.58. The van der Waals surface area contributed by atoms with Gasteiger partial charge in [0.25, 0.3) is 5.91 Å². The van der Waals surface area contributed by atoms with Crippen molar-refractivity contribution in [3.8, 4) is 18.1 Å². The van der Waals surface area contributed by atoms with E-state index in [2.05, 4.69) is 16.1 Å². The van der Waals surface area contributed by atoms with Crippen LogP contribution in [0.3, 0.4) is 0 Å². The van der Waals surface area contributed by atoms with Crippen molar-refractivity contribution in [3.63, 3.8) is 0 Å². The van der Waals surface area contributed by atoms with E-state index in [4.69, 9.17) is 15.6 Å². The number of carbonyl (C=O) groups excluding carboxylic acids is 1. The average molecular weight is 311 g/mol. The Bertz CT molecular complexity index is 681. The van der Waals surface area contributed by atoms with E-state index in [1.165, 1.54) is 6.39 Å². The van der Waals surface area contributed by atoms with Crippen LogP contribution in [0, 0.1) is 12.3 Å². The number of benzene rings is 1. The summed E-state index contributed by atoms with van der Waals surface area (Å²) in [5.41, 5.74) is 0.647. The van der Waals surface area contributed by atoms with Gasteiger partial charge in [0, 0.05) is 24.6 Å². The summed E-state index contributed by atoms with van der Waals surface area (Å²) in [6, 6.07) is 7.04. The molecular weight excluding hydrogens is 294 g/mol. The van der Waals surface area contributed by atoms with E-state index in [0.29, 0.717) is 30.3 Å². The minimum atomic E-state index is 0.0254. The fourth-order valence-electron chi connectivity index (χ4n) is 2.69. The van der Waals surface area contributed by atoms with Crippen LogP contribution in [0.25, 0.3) is 0 Å². The van der Waals surface area contributed by atoms with Crippen molar-refractivity contribution in [1.82, 2.24) is 15.1 Å². The molecule has 0 bridgehead atoms. The quantitative estimate of drug-likeness (QED) is 0.809. The van der Waals surface area contributed by atoms with Crippen molar-refractivity contribution < 1.29 is 13.9 Å². The molecule has 0 saturated carbocycles. The van der Waals surface area contributed by atoms with Gasteiger partial charge in [-0.15, -0.1) is 16.6 Å². The summed E-state index contributed by atoms with van der Waals surface area (Å²) in [7, 11) is 0. The van der Waals surface area contributed by atoms with E-state index in [0.717, 1.165) is 12.8 Å². The molecule has 1 aliphatic rings. The number of ether oxygens (including phenoxy) is 1. The highest BCUT2D eigenvalue weighted by molar-refractivity contribution is 5.94. The number of rotatable bonds is 4. The number of hydrogen-bond donors (Lipinski definition) is 0. The predicted molar refractivity (Wildman–Crippen MR) is 82.9 cm³/mol. The van der Waals surface area contributed by atoms with Gasteiger partial charge in [0.2, 0.25) is 12.3 Å². The number of hydrogen-bond acceptors (Lipinski definition) is 5. The Morgan fingerprint density at radius 1 is 1.35 bits per heavy atom. The Morgan fingerprint density at radius 2 is 2.09 bits per heavy atom. The summed E-state index contributed by atoms with van der Waals surface area (Å²) in [5.74, 6) is 3.99. The molecule has 6 heteroatoms. The molecule has 1 amide bonds. The Balaban J connectivity index is 1.58. The second kappa shape index (κ2) is 6.97. The van der Waals surface area contributed by atoms with Gasteiger partial charge in [0.1, 0.15) is 12.4 Å². The number of nitrogens with zero attached hydrogens (tertiary/aromatic N) is 3. The molecule has 1 aromatic heterocycles. The molecule has 1 aromatic carbocycles. The lowest BCUT2D eigenvalue weighted by Crippen LogP contribution is -2.38. The number of likely N-dealkylation sites (tertiary alicyclic amines) is 1. The van der Waals surface area contributed by atoms with E-state index < -0.39 is 0 Å². The van der Waals surface area contributed by atoms with E-state index in [1.54, 1.807) is 24.3 Å². The molecule has 0 atom stereocenters. The normalized spacial score (nSPS) is 15.2. The van der Waals surface area contributed by atoms with Crippen LogP contribution in [-0.4, -0.2) is 40.7 Å². The highest BCUT2D eigenvalue weighted by Gasteiger charge is 2.27. The molecule has 2 heterocycles. The number of amides is 1.